The van der Waals surface area contributed by atoms with Crippen LogP contribution in [-0.2, 0) is 0 Å². The van der Waals surface area contributed by atoms with Crippen LogP contribution in [0.2, 0.25) is 0 Å². The summed E-state index contributed by atoms with van der Waals surface area (Å²) < 4.78 is 25.1. The zero-order valence-corrected chi connectivity index (χ0v) is 12.8. The second-order valence-electron chi connectivity index (χ2n) is 4.26. The molecular formula is C16H13BrFNO2. The van der Waals surface area contributed by atoms with Crippen molar-refractivity contribution < 1.29 is 13.9 Å². The van der Waals surface area contributed by atoms with Crippen molar-refractivity contribution in [2.24, 2.45) is 0 Å². The summed E-state index contributed by atoms with van der Waals surface area (Å²) in [5.41, 5.74) is 0.556. The van der Waals surface area contributed by atoms with Crippen LogP contribution in [0, 0.1) is 17.1 Å². The molecule has 0 saturated heterocycles. The van der Waals surface area contributed by atoms with Crippen molar-refractivity contribution in [3.8, 4) is 17.6 Å². The first-order valence-corrected chi connectivity index (χ1v) is 7.19. The highest BCUT2D eigenvalue weighted by molar-refractivity contribution is 9.10. The first kappa shape index (κ1) is 15.3. The summed E-state index contributed by atoms with van der Waals surface area (Å²) >= 11 is 3.27. The number of benzene rings is 2. The van der Waals surface area contributed by atoms with Crippen LogP contribution in [0.3, 0.4) is 0 Å². The van der Waals surface area contributed by atoms with Gasteiger partial charge in [-0.15, -0.1) is 0 Å². The van der Waals surface area contributed by atoms with Crippen molar-refractivity contribution in [3.05, 3.63) is 58.3 Å². The van der Waals surface area contributed by atoms with E-state index in [2.05, 4.69) is 22.0 Å². The summed E-state index contributed by atoms with van der Waals surface area (Å²) in [4.78, 5) is 0. The minimum absolute atomic E-state index is 0.218. The maximum atomic E-state index is 13.4. The molecule has 0 fully saturated rings. The lowest BCUT2D eigenvalue weighted by atomic mass is 10.2. The van der Waals surface area contributed by atoms with Crippen molar-refractivity contribution in [3.63, 3.8) is 0 Å². The lowest BCUT2D eigenvalue weighted by Crippen LogP contribution is -2.05. The van der Waals surface area contributed by atoms with Crippen LogP contribution < -0.4 is 9.47 Å². The smallest absolute Gasteiger partial charge is 0.165 e. The van der Waals surface area contributed by atoms with Gasteiger partial charge in [0.1, 0.15) is 5.75 Å². The Bertz CT molecular complexity index is 655. The van der Waals surface area contributed by atoms with Gasteiger partial charge in [0.05, 0.1) is 24.8 Å². The van der Waals surface area contributed by atoms with Crippen LogP contribution in [0.5, 0.6) is 11.5 Å². The lowest BCUT2D eigenvalue weighted by Gasteiger charge is -2.09. The molecule has 0 aliphatic rings. The topological polar surface area (TPSA) is 42.2 Å². The fourth-order valence-corrected chi connectivity index (χ4v) is 2.01. The zero-order chi connectivity index (χ0) is 15.1. The van der Waals surface area contributed by atoms with Gasteiger partial charge in [-0.2, -0.15) is 5.26 Å². The minimum Gasteiger partial charge on any atom is -0.493 e. The van der Waals surface area contributed by atoms with Crippen molar-refractivity contribution in [2.75, 3.05) is 13.2 Å². The second-order valence-corrected chi connectivity index (χ2v) is 5.18. The number of halogens is 2. The number of nitriles is 1. The van der Waals surface area contributed by atoms with Gasteiger partial charge in [0.25, 0.3) is 0 Å². The van der Waals surface area contributed by atoms with Gasteiger partial charge in [-0.25, -0.2) is 4.39 Å². The van der Waals surface area contributed by atoms with Crippen molar-refractivity contribution in [2.45, 2.75) is 6.42 Å². The minimum atomic E-state index is -0.388. The van der Waals surface area contributed by atoms with Gasteiger partial charge in [0.2, 0.25) is 0 Å². The van der Waals surface area contributed by atoms with Gasteiger partial charge in [-0.05, 0) is 36.4 Å². The van der Waals surface area contributed by atoms with Gasteiger partial charge in [-0.3, -0.25) is 0 Å². The maximum absolute atomic E-state index is 13.4. The van der Waals surface area contributed by atoms with E-state index in [9.17, 15) is 4.39 Å². The monoisotopic (exact) mass is 349 g/mol. The van der Waals surface area contributed by atoms with Crippen molar-refractivity contribution in [1.82, 2.24) is 0 Å². The standard InChI is InChI=1S/C16H13BrFNO2/c17-13-5-6-15(18)16(10-13)21-8-2-7-20-14-4-1-3-12(9-14)11-19/h1,3-6,9-10H,2,7-8H2. The number of hydrogen-bond donors (Lipinski definition) is 0. The van der Waals surface area contributed by atoms with Gasteiger partial charge in [0.15, 0.2) is 11.6 Å². The normalized spacial score (nSPS) is 9.95. The van der Waals surface area contributed by atoms with Crippen LogP contribution in [0.1, 0.15) is 12.0 Å². The molecule has 0 aliphatic carbocycles. The summed E-state index contributed by atoms with van der Waals surface area (Å²) in [6, 6.07) is 13.6. The molecule has 0 amide bonds. The first-order chi connectivity index (χ1) is 10.2. The Kier molecular flexibility index (Phi) is 5.59. The average Bonchev–Trinajstić information content (AvgIpc) is 2.50. The number of hydrogen-bond acceptors (Lipinski definition) is 3. The molecule has 0 unspecified atom stereocenters. The van der Waals surface area contributed by atoms with E-state index in [-0.39, 0.29) is 11.6 Å². The molecule has 0 radical (unpaired) electrons. The molecule has 0 aromatic heterocycles. The summed E-state index contributed by atoms with van der Waals surface area (Å²) in [6.07, 6.45) is 0.614. The lowest BCUT2D eigenvalue weighted by molar-refractivity contribution is 0.241. The van der Waals surface area contributed by atoms with Gasteiger partial charge in [0, 0.05) is 10.9 Å². The van der Waals surface area contributed by atoms with E-state index in [1.165, 1.54) is 6.07 Å². The SMILES string of the molecule is N#Cc1cccc(OCCCOc2cc(Br)ccc2F)c1. The predicted molar refractivity (Wildman–Crippen MR) is 80.9 cm³/mol. The van der Waals surface area contributed by atoms with Gasteiger partial charge >= 0.3 is 0 Å². The molecule has 3 nitrogen and oxygen atoms in total. The summed E-state index contributed by atoms with van der Waals surface area (Å²) in [7, 11) is 0. The van der Waals surface area contributed by atoms with E-state index in [0.29, 0.717) is 30.9 Å². The average molecular weight is 350 g/mol. The highest BCUT2D eigenvalue weighted by Gasteiger charge is 2.03. The fraction of sp³-hybridized carbons (Fsp3) is 0.188. The number of rotatable bonds is 6. The maximum Gasteiger partial charge on any atom is 0.165 e. The Morgan fingerprint density at radius 1 is 1.10 bits per heavy atom. The highest BCUT2D eigenvalue weighted by Crippen LogP contribution is 2.22. The molecule has 0 spiro atoms. The molecule has 0 saturated carbocycles. The van der Waals surface area contributed by atoms with E-state index >= 15 is 0 Å². The third kappa shape index (κ3) is 4.76. The zero-order valence-electron chi connectivity index (χ0n) is 11.2. The summed E-state index contributed by atoms with van der Waals surface area (Å²) in [5.74, 6) is 0.472. The molecule has 0 atom stereocenters. The first-order valence-electron chi connectivity index (χ1n) is 6.40. The highest BCUT2D eigenvalue weighted by atomic mass is 79.9. The molecule has 0 aliphatic heterocycles. The van der Waals surface area contributed by atoms with Crippen LogP contribution in [0.25, 0.3) is 0 Å². The third-order valence-corrected chi connectivity index (χ3v) is 3.16. The van der Waals surface area contributed by atoms with Crippen LogP contribution in [0.15, 0.2) is 46.9 Å². The van der Waals surface area contributed by atoms with E-state index in [1.807, 2.05) is 0 Å². The van der Waals surface area contributed by atoms with E-state index in [1.54, 1.807) is 36.4 Å². The van der Waals surface area contributed by atoms with E-state index < -0.39 is 0 Å². The van der Waals surface area contributed by atoms with Crippen LogP contribution in [0.4, 0.5) is 4.39 Å². The van der Waals surface area contributed by atoms with Crippen LogP contribution in [-0.4, -0.2) is 13.2 Å². The summed E-state index contributed by atoms with van der Waals surface area (Å²) in [5, 5.41) is 8.78. The second kappa shape index (κ2) is 7.65. The fourth-order valence-electron chi connectivity index (χ4n) is 1.67. The van der Waals surface area contributed by atoms with Gasteiger partial charge < -0.3 is 9.47 Å². The molecule has 5 heteroatoms. The molecule has 2 aromatic carbocycles. The summed E-state index contributed by atoms with van der Waals surface area (Å²) in [6.45, 7) is 0.788. The molecular weight excluding hydrogens is 337 g/mol. The number of ether oxygens (including phenoxy) is 2. The van der Waals surface area contributed by atoms with Crippen molar-refractivity contribution in [1.29, 1.82) is 5.26 Å². The Balaban J connectivity index is 1.75. The molecule has 0 N–H and O–H groups in total. The molecule has 21 heavy (non-hydrogen) atoms. The number of nitrogens with zero attached hydrogens (tertiary/aromatic N) is 1. The third-order valence-electron chi connectivity index (χ3n) is 2.67. The van der Waals surface area contributed by atoms with E-state index in [4.69, 9.17) is 14.7 Å². The quantitative estimate of drug-likeness (QED) is 0.729. The van der Waals surface area contributed by atoms with E-state index in [0.717, 1.165) is 4.47 Å². The predicted octanol–water partition coefficient (Wildman–Crippen LogP) is 4.31. The molecule has 108 valence electrons. The Morgan fingerprint density at radius 3 is 2.71 bits per heavy atom. The van der Waals surface area contributed by atoms with Gasteiger partial charge in [-0.1, -0.05) is 22.0 Å². The molecule has 2 aromatic rings. The molecule has 0 heterocycles. The largest absolute Gasteiger partial charge is 0.493 e. The Labute approximate surface area is 131 Å². The Hall–Kier alpha value is -2.06. The molecule has 2 rings (SSSR count). The molecule has 0 bridgehead atoms. The Morgan fingerprint density at radius 2 is 1.90 bits per heavy atom. The van der Waals surface area contributed by atoms with Crippen LogP contribution >= 0.6 is 15.9 Å². The van der Waals surface area contributed by atoms with Crippen molar-refractivity contribution >= 4 is 15.9 Å².